The van der Waals surface area contributed by atoms with Gasteiger partial charge in [0.1, 0.15) is 5.75 Å². The SMILES string of the molecule is Cc1ccc(NC(=O)Cc2ccc(NC(=O)c3ccc(Br)o3)cc2)c(O)c1. The van der Waals surface area contributed by atoms with E-state index >= 15 is 0 Å². The molecule has 0 aliphatic rings. The molecule has 0 atom stereocenters. The summed E-state index contributed by atoms with van der Waals surface area (Å²) in [7, 11) is 0. The fourth-order valence-electron chi connectivity index (χ4n) is 2.46. The molecule has 0 spiro atoms. The van der Waals surface area contributed by atoms with E-state index in [1.807, 2.05) is 13.0 Å². The molecule has 3 rings (SSSR count). The first-order valence-electron chi connectivity index (χ1n) is 8.16. The van der Waals surface area contributed by atoms with Crippen LogP contribution in [0.3, 0.4) is 0 Å². The zero-order valence-corrected chi connectivity index (χ0v) is 16.0. The summed E-state index contributed by atoms with van der Waals surface area (Å²) in [6.45, 7) is 1.86. The predicted octanol–water partition coefficient (Wildman–Crippen LogP) is 4.49. The highest BCUT2D eigenvalue weighted by Crippen LogP contribution is 2.24. The average molecular weight is 429 g/mol. The number of phenolic OH excluding ortho intramolecular Hbond substituents is 1. The van der Waals surface area contributed by atoms with Gasteiger partial charge in [-0.15, -0.1) is 0 Å². The van der Waals surface area contributed by atoms with Crippen molar-refractivity contribution in [2.24, 2.45) is 0 Å². The largest absolute Gasteiger partial charge is 0.506 e. The fourth-order valence-corrected chi connectivity index (χ4v) is 2.77. The van der Waals surface area contributed by atoms with Crippen LogP contribution in [-0.4, -0.2) is 16.9 Å². The highest BCUT2D eigenvalue weighted by Gasteiger charge is 2.11. The van der Waals surface area contributed by atoms with Crippen molar-refractivity contribution in [3.05, 3.63) is 76.2 Å². The Morgan fingerprint density at radius 1 is 1.04 bits per heavy atom. The van der Waals surface area contributed by atoms with Crippen LogP contribution in [0.4, 0.5) is 11.4 Å². The topological polar surface area (TPSA) is 91.6 Å². The maximum atomic E-state index is 12.2. The van der Waals surface area contributed by atoms with Gasteiger partial charge < -0.3 is 20.2 Å². The van der Waals surface area contributed by atoms with Crippen molar-refractivity contribution in [2.75, 3.05) is 10.6 Å². The summed E-state index contributed by atoms with van der Waals surface area (Å²) in [6, 6.07) is 15.2. The molecule has 0 radical (unpaired) electrons. The lowest BCUT2D eigenvalue weighted by atomic mass is 10.1. The number of nitrogens with one attached hydrogen (secondary N) is 2. The van der Waals surface area contributed by atoms with Gasteiger partial charge in [0.2, 0.25) is 5.91 Å². The monoisotopic (exact) mass is 428 g/mol. The first-order chi connectivity index (χ1) is 12.9. The highest BCUT2D eigenvalue weighted by molar-refractivity contribution is 9.10. The number of halogens is 1. The molecule has 0 unspecified atom stereocenters. The van der Waals surface area contributed by atoms with Crippen molar-refractivity contribution in [2.45, 2.75) is 13.3 Å². The van der Waals surface area contributed by atoms with E-state index in [0.29, 0.717) is 16.0 Å². The molecule has 27 heavy (non-hydrogen) atoms. The zero-order valence-electron chi connectivity index (χ0n) is 14.5. The van der Waals surface area contributed by atoms with Gasteiger partial charge in [-0.1, -0.05) is 18.2 Å². The number of phenols is 1. The molecule has 138 valence electrons. The normalized spacial score (nSPS) is 10.4. The average Bonchev–Trinajstić information content (AvgIpc) is 3.06. The molecule has 0 aliphatic carbocycles. The summed E-state index contributed by atoms with van der Waals surface area (Å²) < 4.78 is 5.68. The molecule has 2 amide bonds. The molecular formula is C20H17BrN2O4. The number of hydrogen-bond acceptors (Lipinski definition) is 4. The Kier molecular flexibility index (Phi) is 5.61. The van der Waals surface area contributed by atoms with Crippen molar-refractivity contribution in [3.8, 4) is 5.75 Å². The summed E-state index contributed by atoms with van der Waals surface area (Å²) in [5.74, 6) is -0.373. The number of amides is 2. The molecule has 3 N–H and O–H groups in total. The molecule has 1 aromatic heterocycles. The third kappa shape index (κ3) is 4.98. The highest BCUT2D eigenvalue weighted by atomic mass is 79.9. The van der Waals surface area contributed by atoms with E-state index in [1.165, 1.54) is 0 Å². The molecule has 1 heterocycles. The lowest BCUT2D eigenvalue weighted by Crippen LogP contribution is -2.15. The molecule has 0 fully saturated rings. The summed E-state index contributed by atoms with van der Waals surface area (Å²) >= 11 is 3.15. The number of anilines is 2. The second-order valence-corrected chi connectivity index (χ2v) is 6.78. The van der Waals surface area contributed by atoms with Gasteiger partial charge in [-0.3, -0.25) is 9.59 Å². The van der Waals surface area contributed by atoms with Crippen LogP contribution in [0.1, 0.15) is 21.7 Å². The molecule has 7 heteroatoms. The minimum absolute atomic E-state index is 0.0333. The van der Waals surface area contributed by atoms with E-state index in [0.717, 1.165) is 11.1 Å². The van der Waals surface area contributed by atoms with Gasteiger partial charge in [-0.2, -0.15) is 0 Å². The summed E-state index contributed by atoms with van der Waals surface area (Å²) in [6.07, 6.45) is 0.146. The van der Waals surface area contributed by atoms with Crippen LogP contribution < -0.4 is 10.6 Å². The Morgan fingerprint density at radius 2 is 1.78 bits per heavy atom. The number of carbonyl (C=O) groups excluding carboxylic acids is 2. The quantitative estimate of drug-likeness (QED) is 0.522. The Morgan fingerprint density at radius 3 is 2.41 bits per heavy atom. The van der Waals surface area contributed by atoms with Gasteiger partial charge in [0.25, 0.3) is 5.91 Å². The minimum Gasteiger partial charge on any atom is -0.506 e. The number of hydrogen-bond donors (Lipinski definition) is 3. The van der Waals surface area contributed by atoms with Crippen LogP contribution in [0, 0.1) is 6.92 Å². The summed E-state index contributed by atoms with van der Waals surface area (Å²) in [5, 5.41) is 15.3. The smallest absolute Gasteiger partial charge is 0.291 e. The first kappa shape index (κ1) is 18.7. The van der Waals surface area contributed by atoms with Crippen LogP contribution in [0.15, 0.2) is 63.7 Å². The molecule has 0 saturated heterocycles. The second-order valence-electron chi connectivity index (χ2n) is 6.00. The van der Waals surface area contributed by atoms with Gasteiger partial charge in [0.15, 0.2) is 10.4 Å². The number of aryl methyl sites for hydroxylation is 1. The minimum atomic E-state index is -0.360. The number of aromatic hydroxyl groups is 1. The molecule has 0 aliphatic heterocycles. The van der Waals surface area contributed by atoms with E-state index in [1.54, 1.807) is 48.5 Å². The Hall–Kier alpha value is -3.06. The predicted molar refractivity (Wildman–Crippen MR) is 106 cm³/mol. The van der Waals surface area contributed by atoms with E-state index in [9.17, 15) is 14.7 Å². The number of furan rings is 1. The number of benzene rings is 2. The van der Waals surface area contributed by atoms with Crippen LogP contribution in [0.25, 0.3) is 0 Å². The van der Waals surface area contributed by atoms with Crippen LogP contribution >= 0.6 is 15.9 Å². The van der Waals surface area contributed by atoms with Crippen LogP contribution in [0.5, 0.6) is 5.75 Å². The van der Waals surface area contributed by atoms with Crippen LogP contribution in [-0.2, 0) is 11.2 Å². The van der Waals surface area contributed by atoms with E-state index in [2.05, 4.69) is 26.6 Å². The van der Waals surface area contributed by atoms with Gasteiger partial charge in [0.05, 0.1) is 12.1 Å². The van der Waals surface area contributed by atoms with Crippen molar-refractivity contribution in [1.29, 1.82) is 0 Å². The van der Waals surface area contributed by atoms with E-state index < -0.39 is 0 Å². The maximum absolute atomic E-state index is 12.2. The number of carbonyl (C=O) groups is 2. The lowest BCUT2D eigenvalue weighted by Gasteiger charge is -2.09. The number of rotatable bonds is 5. The Labute approximate surface area is 164 Å². The Bertz CT molecular complexity index is 980. The molecular weight excluding hydrogens is 412 g/mol. The fraction of sp³-hybridized carbons (Fsp3) is 0.100. The zero-order chi connectivity index (χ0) is 19.4. The van der Waals surface area contributed by atoms with Gasteiger partial charge in [0, 0.05) is 5.69 Å². The molecule has 2 aromatic carbocycles. The summed E-state index contributed by atoms with van der Waals surface area (Å²) in [4.78, 5) is 24.2. The standard InChI is InChI=1S/C20H17BrN2O4/c1-12-2-7-15(16(24)10-12)23-19(25)11-13-3-5-14(6-4-13)22-20(26)17-8-9-18(21)27-17/h2-10,24H,11H2,1H3,(H,22,26)(H,23,25). The van der Waals surface area contributed by atoms with E-state index in [-0.39, 0.29) is 29.7 Å². The molecule has 0 bridgehead atoms. The van der Waals surface area contributed by atoms with Gasteiger partial charge >= 0.3 is 0 Å². The second kappa shape index (κ2) is 8.09. The Balaban J connectivity index is 1.58. The van der Waals surface area contributed by atoms with Gasteiger partial charge in [-0.05, 0) is 70.4 Å². The lowest BCUT2D eigenvalue weighted by molar-refractivity contribution is -0.115. The van der Waals surface area contributed by atoms with Crippen molar-refractivity contribution < 1.29 is 19.1 Å². The van der Waals surface area contributed by atoms with Crippen molar-refractivity contribution in [3.63, 3.8) is 0 Å². The maximum Gasteiger partial charge on any atom is 0.291 e. The molecule has 6 nitrogen and oxygen atoms in total. The first-order valence-corrected chi connectivity index (χ1v) is 8.95. The molecule has 3 aromatic rings. The van der Waals surface area contributed by atoms with E-state index in [4.69, 9.17) is 4.42 Å². The van der Waals surface area contributed by atoms with Crippen molar-refractivity contribution >= 4 is 39.1 Å². The third-order valence-corrected chi connectivity index (χ3v) is 4.23. The third-order valence-electron chi connectivity index (χ3n) is 3.80. The van der Waals surface area contributed by atoms with Crippen LogP contribution in [0.2, 0.25) is 0 Å². The van der Waals surface area contributed by atoms with Crippen molar-refractivity contribution in [1.82, 2.24) is 0 Å². The molecule has 0 saturated carbocycles. The van der Waals surface area contributed by atoms with Gasteiger partial charge in [-0.25, -0.2) is 0 Å². The summed E-state index contributed by atoms with van der Waals surface area (Å²) in [5.41, 5.74) is 2.65.